The lowest BCUT2D eigenvalue weighted by molar-refractivity contribution is -0.137. The van der Waals surface area contributed by atoms with Gasteiger partial charge in [0, 0.05) is 23.1 Å². The van der Waals surface area contributed by atoms with Gasteiger partial charge in [0.25, 0.3) is 5.91 Å². The minimum absolute atomic E-state index is 0.163. The summed E-state index contributed by atoms with van der Waals surface area (Å²) in [5, 5.41) is 11.4. The third kappa shape index (κ3) is 5.61. The lowest BCUT2D eigenvalue weighted by Crippen LogP contribution is -2.26. The van der Waals surface area contributed by atoms with E-state index in [1.54, 1.807) is 18.2 Å². The Labute approximate surface area is 126 Å². The van der Waals surface area contributed by atoms with Crippen molar-refractivity contribution in [3.05, 3.63) is 28.2 Å². The molecule has 0 radical (unpaired) electrons. The third-order valence-electron chi connectivity index (χ3n) is 3.01. The highest BCUT2D eigenvalue weighted by Crippen LogP contribution is 2.19. The smallest absolute Gasteiger partial charge is 0.303 e. The van der Waals surface area contributed by atoms with Crippen molar-refractivity contribution in [3.63, 3.8) is 0 Å². The van der Waals surface area contributed by atoms with E-state index in [1.807, 2.05) is 6.92 Å². The van der Waals surface area contributed by atoms with E-state index in [4.69, 9.17) is 10.8 Å². The number of amides is 1. The van der Waals surface area contributed by atoms with Crippen molar-refractivity contribution < 1.29 is 14.7 Å². The van der Waals surface area contributed by atoms with Crippen LogP contribution in [-0.2, 0) is 4.79 Å². The number of nitrogens with two attached hydrogens (primary N) is 1. The maximum atomic E-state index is 12.0. The number of aliphatic carboxylic acids is 1. The number of hydrogen-bond donors (Lipinski definition) is 3. The van der Waals surface area contributed by atoms with Gasteiger partial charge in [-0.05, 0) is 52.9 Å². The Morgan fingerprint density at radius 3 is 2.75 bits per heavy atom. The number of nitrogen functional groups attached to an aromatic ring is 1. The third-order valence-corrected chi connectivity index (χ3v) is 3.70. The van der Waals surface area contributed by atoms with Gasteiger partial charge in [0.15, 0.2) is 0 Å². The second-order valence-corrected chi connectivity index (χ2v) is 5.68. The number of nitrogens with one attached hydrogen (secondary N) is 1. The monoisotopic (exact) mass is 342 g/mol. The van der Waals surface area contributed by atoms with Gasteiger partial charge in [-0.15, -0.1) is 0 Å². The number of hydrogen-bond acceptors (Lipinski definition) is 3. The van der Waals surface area contributed by atoms with E-state index in [9.17, 15) is 9.59 Å². The van der Waals surface area contributed by atoms with Crippen LogP contribution in [0.2, 0.25) is 0 Å². The Kier molecular flexibility index (Phi) is 6.51. The molecule has 0 saturated carbocycles. The molecule has 110 valence electrons. The van der Waals surface area contributed by atoms with Crippen molar-refractivity contribution in [3.8, 4) is 0 Å². The predicted molar refractivity (Wildman–Crippen MR) is 81.5 cm³/mol. The molecule has 5 nitrogen and oxygen atoms in total. The van der Waals surface area contributed by atoms with E-state index in [-0.39, 0.29) is 18.2 Å². The number of carboxylic acid groups (broad SMARTS) is 1. The standard InChI is InChI=1S/C14H19BrN2O3/c1-9(2-5-13(18)19)6-7-17-14(20)11-8-10(16)3-4-12(11)15/h3-4,8-9H,2,5-7,16H2,1H3,(H,17,20)(H,18,19). The molecule has 0 aliphatic rings. The van der Waals surface area contributed by atoms with Crippen LogP contribution >= 0.6 is 15.9 Å². The van der Waals surface area contributed by atoms with Crippen molar-refractivity contribution in [2.24, 2.45) is 5.92 Å². The van der Waals surface area contributed by atoms with Crippen LogP contribution in [-0.4, -0.2) is 23.5 Å². The minimum Gasteiger partial charge on any atom is -0.481 e. The van der Waals surface area contributed by atoms with Crippen molar-refractivity contribution >= 4 is 33.5 Å². The van der Waals surface area contributed by atoms with E-state index in [0.717, 1.165) is 6.42 Å². The maximum Gasteiger partial charge on any atom is 0.303 e. The molecule has 0 bridgehead atoms. The molecule has 1 aromatic rings. The zero-order chi connectivity index (χ0) is 15.1. The van der Waals surface area contributed by atoms with Crippen molar-refractivity contribution in [1.29, 1.82) is 0 Å². The molecule has 0 saturated heterocycles. The Bertz CT molecular complexity index is 491. The summed E-state index contributed by atoms with van der Waals surface area (Å²) in [6, 6.07) is 5.07. The average Bonchev–Trinajstić information content (AvgIpc) is 2.39. The zero-order valence-electron chi connectivity index (χ0n) is 11.4. The molecule has 1 rings (SSSR count). The number of rotatable bonds is 7. The molecule has 0 aromatic heterocycles. The van der Waals surface area contributed by atoms with Crippen LogP contribution in [0.4, 0.5) is 5.69 Å². The van der Waals surface area contributed by atoms with Gasteiger partial charge >= 0.3 is 5.97 Å². The van der Waals surface area contributed by atoms with Gasteiger partial charge in [-0.25, -0.2) is 0 Å². The number of carbonyl (C=O) groups is 2. The zero-order valence-corrected chi connectivity index (χ0v) is 12.9. The van der Waals surface area contributed by atoms with Crippen LogP contribution in [0.1, 0.15) is 36.5 Å². The first-order valence-electron chi connectivity index (χ1n) is 6.45. The fourth-order valence-corrected chi connectivity index (χ4v) is 2.19. The second kappa shape index (κ2) is 7.89. The average molecular weight is 343 g/mol. The van der Waals surface area contributed by atoms with Gasteiger partial charge in [0.05, 0.1) is 5.56 Å². The lowest BCUT2D eigenvalue weighted by Gasteiger charge is -2.11. The predicted octanol–water partition coefficient (Wildman–Crippen LogP) is 2.65. The molecule has 0 heterocycles. The molecule has 6 heteroatoms. The Hall–Kier alpha value is -1.56. The van der Waals surface area contributed by atoms with Gasteiger partial charge < -0.3 is 16.2 Å². The number of benzene rings is 1. The first kappa shape index (κ1) is 16.5. The summed E-state index contributed by atoms with van der Waals surface area (Å²) in [6.07, 6.45) is 1.53. The van der Waals surface area contributed by atoms with Gasteiger partial charge in [-0.2, -0.15) is 0 Å². The molecule has 1 unspecified atom stereocenters. The summed E-state index contributed by atoms with van der Waals surface area (Å²) in [6.45, 7) is 2.49. The van der Waals surface area contributed by atoms with E-state index in [2.05, 4.69) is 21.2 Å². The molecule has 1 amide bonds. The van der Waals surface area contributed by atoms with E-state index >= 15 is 0 Å². The van der Waals surface area contributed by atoms with Gasteiger partial charge in [0.2, 0.25) is 0 Å². The topological polar surface area (TPSA) is 92.4 Å². The second-order valence-electron chi connectivity index (χ2n) is 4.82. The van der Waals surface area contributed by atoms with Crippen LogP contribution < -0.4 is 11.1 Å². The Morgan fingerprint density at radius 2 is 2.10 bits per heavy atom. The van der Waals surface area contributed by atoms with E-state index in [1.165, 1.54) is 0 Å². The molecule has 0 fully saturated rings. The molecule has 0 aliphatic carbocycles. The Morgan fingerprint density at radius 1 is 1.40 bits per heavy atom. The summed E-state index contributed by atoms with van der Waals surface area (Å²) < 4.78 is 0.697. The highest BCUT2D eigenvalue weighted by molar-refractivity contribution is 9.10. The first-order chi connectivity index (χ1) is 9.40. The lowest BCUT2D eigenvalue weighted by atomic mass is 10.0. The normalized spacial score (nSPS) is 11.9. The van der Waals surface area contributed by atoms with E-state index < -0.39 is 5.97 Å². The molecule has 1 aromatic carbocycles. The highest BCUT2D eigenvalue weighted by Gasteiger charge is 2.11. The van der Waals surface area contributed by atoms with Crippen molar-refractivity contribution in [2.45, 2.75) is 26.2 Å². The molecule has 4 N–H and O–H groups in total. The van der Waals surface area contributed by atoms with Gasteiger partial charge in [-0.1, -0.05) is 6.92 Å². The van der Waals surface area contributed by atoms with Crippen molar-refractivity contribution in [2.75, 3.05) is 12.3 Å². The highest BCUT2D eigenvalue weighted by atomic mass is 79.9. The molecule has 0 aliphatic heterocycles. The number of halogens is 1. The molecule has 1 atom stereocenters. The van der Waals surface area contributed by atoms with Gasteiger partial charge in [-0.3, -0.25) is 9.59 Å². The van der Waals surface area contributed by atoms with Crippen LogP contribution in [0.5, 0.6) is 0 Å². The van der Waals surface area contributed by atoms with Crippen molar-refractivity contribution in [1.82, 2.24) is 5.32 Å². The fraction of sp³-hybridized carbons (Fsp3) is 0.429. The molecular formula is C14H19BrN2O3. The number of carboxylic acids is 1. The number of anilines is 1. The maximum absolute atomic E-state index is 12.0. The largest absolute Gasteiger partial charge is 0.481 e. The molecule has 20 heavy (non-hydrogen) atoms. The summed E-state index contributed by atoms with van der Waals surface area (Å²) in [5.41, 5.74) is 6.69. The fourth-order valence-electron chi connectivity index (χ4n) is 1.76. The molecule has 0 spiro atoms. The quantitative estimate of drug-likeness (QED) is 0.664. The van der Waals surface area contributed by atoms with Gasteiger partial charge in [0.1, 0.15) is 0 Å². The summed E-state index contributed by atoms with van der Waals surface area (Å²) in [7, 11) is 0. The Balaban J connectivity index is 2.40. The molecular weight excluding hydrogens is 324 g/mol. The van der Waals surface area contributed by atoms with Crippen LogP contribution in [0.15, 0.2) is 22.7 Å². The summed E-state index contributed by atoms with van der Waals surface area (Å²) in [4.78, 5) is 22.4. The SMILES string of the molecule is CC(CCNC(=O)c1cc(N)ccc1Br)CCC(=O)O. The summed E-state index contributed by atoms with van der Waals surface area (Å²) in [5.74, 6) is -0.713. The van der Waals surface area contributed by atoms with Crippen LogP contribution in [0, 0.1) is 5.92 Å². The van der Waals surface area contributed by atoms with Crippen LogP contribution in [0.3, 0.4) is 0 Å². The van der Waals surface area contributed by atoms with E-state index in [0.29, 0.717) is 28.7 Å². The number of carbonyl (C=O) groups excluding carboxylic acids is 1. The first-order valence-corrected chi connectivity index (χ1v) is 7.24. The minimum atomic E-state index is -0.787. The summed E-state index contributed by atoms with van der Waals surface area (Å²) >= 11 is 3.31. The van der Waals surface area contributed by atoms with Crippen LogP contribution in [0.25, 0.3) is 0 Å².